The molecule has 0 aromatic heterocycles. The molecule has 42 heavy (non-hydrogen) atoms. The van der Waals surface area contributed by atoms with Crippen LogP contribution in [0.2, 0.25) is 6.82 Å². The highest BCUT2D eigenvalue weighted by Crippen LogP contribution is 2.14. The van der Waals surface area contributed by atoms with E-state index in [9.17, 15) is 18.0 Å². The SMILES string of the molecule is CBN1CCN(C(=O)N[C@@H](Cc2ccccc2)C(=O)N[C@H](/C=C/S(=O)(=O)c2ccccc2)CCc2ccccc2)CC1. The van der Waals surface area contributed by atoms with Crippen LogP contribution in [-0.2, 0) is 27.5 Å². The fourth-order valence-corrected chi connectivity index (χ4v) is 6.01. The second-order valence-corrected chi connectivity index (χ2v) is 12.3. The highest BCUT2D eigenvalue weighted by molar-refractivity contribution is 7.94. The molecule has 1 aliphatic heterocycles. The summed E-state index contributed by atoms with van der Waals surface area (Å²) in [6.07, 6.45) is 2.97. The molecule has 3 aromatic rings. The Bertz CT molecular complexity index is 1410. The van der Waals surface area contributed by atoms with E-state index in [4.69, 9.17) is 0 Å². The van der Waals surface area contributed by atoms with Gasteiger partial charge in [0.2, 0.25) is 13.3 Å². The van der Waals surface area contributed by atoms with Gasteiger partial charge in [-0.1, -0.05) is 91.8 Å². The van der Waals surface area contributed by atoms with Crippen LogP contribution in [0.4, 0.5) is 4.79 Å². The first-order valence-corrected chi connectivity index (χ1v) is 16.0. The first kappa shape index (κ1) is 31.1. The number of nitrogens with zero attached hydrogens (tertiary/aromatic N) is 2. The zero-order chi connectivity index (χ0) is 29.8. The molecule has 1 saturated heterocycles. The number of carbonyl (C=O) groups is 2. The van der Waals surface area contributed by atoms with Crippen LogP contribution >= 0.6 is 0 Å². The van der Waals surface area contributed by atoms with Crippen LogP contribution in [0.3, 0.4) is 0 Å². The Kier molecular flexibility index (Phi) is 11.4. The molecule has 1 aliphatic rings. The molecule has 0 spiro atoms. The van der Waals surface area contributed by atoms with Gasteiger partial charge in [-0.25, -0.2) is 13.2 Å². The van der Waals surface area contributed by atoms with E-state index in [0.717, 1.165) is 37.0 Å². The number of aryl methyl sites for hydroxylation is 1. The van der Waals surface area contributed by atoms with Crippen LogP contribution in [0.5, 0.6) is 0 Å². The smallest absolute Gasteiger partial charge is 0.318 e. The number of piperazine rings is 1. The zero-order valence-electron chi connectivity index (χ0n) is 24.1. The summed E-state index contributed by atoms with van der Waals surface area (Å²) in [5, 5.41) is 7.15. The molecule has 220 valence electrons. The number of hydrogen-bond acceptors (Lipinski definition) is 5. The molecular formula is C32H39BN4O4S. The average Bonchev–Trinajstić information content (AvgIpc) is 3.03. The number of carbonyl (C=O) groups excluding carboxylic acids is 2. The van der Waals surface area contributed by atoms with E-state index in [-0.39, 0.29) is 16.8 Å². The molecular weight excluding hydrogens is 547 g/mol. The van der Waals surface area contributed by atoms with E-state index in [2.05, 4.69) is 22.3 Å². The first-order chi connectivity index (χ1) is 20.3. The summed E-state index contributed by atoms with van der Waals surface area (Å²) >= 11 is 0. The molecule has 1 fully saturated rings. The van der Waals surface area contributed by atoms with Crippen LogP contribution in [0.25, 0.3) is 0 Å². The standard InChI is InChI=1S/C32H39BN4O4S/c1-33-37-22-20-36(21-23-37)32(39)35-30(25-27-13-7-3-8-14-27)31(38)34-28(18-17-26-11-5-2-6-12-26)19-24-42(40,41)29-15-9-4-10-16-29/h2-16,19,24,28,30,33H,17-18,20-23,25H2,1H3,(H,34,38)(H,35,39)/b24-19+/t28-,30-/m0/s1. The minimum atomic E-state index is -3.70. The molecule has 0 aliphatic carbocycles. The lowest BCUT2D eigenvalue weighted by Gasteiger charge is -2.35. The molecule has 3 amide bonds. The molecule has 10 heteroatoms. The average molecular weight is 587 g/mol. The van der Waals surface area contributed by atoms with Gasteiger partial charge in [0, 0.05) is 44.0 Å². The summed E-state index contributed by atoms with van der Waals surface area (Å²) in [6, 6.07) is 25.9. The lowest BCUT2D eigenvalue weighted by Crippen LogP contribution is -2.57. The highest BCUT2D eigenvalue weighted by Gasteiger charge is 2.27. The van der Waals surface area contributed by atoms with Crippen molar-refractivity contribution in [2.24, 2.45) is 0 Å². The van der Waals surface area contributed by atoms with Gasteiger partial charge in [0.05, 0.1) is 4.90 Å². The maximum absolute atomic E-state index is 13.7. The van der Waals surface area contributed by atoms with Crippen molar-refractivity contribution >= 4 is 29.2 Å². The van der Waals surface area contributed by atoms with Gasteiger partial charge < -0.3 is 20.3 Å². The molecule has 2 atom stereocenters. The largest absolute Gasteiger partial charge is 0.348 e. The third kappa shape index (κ3) is 9.32. The van der Waals surface area contributed by atoms with Crippen molar-refractivity contribution in [3.05, 3.63) is 114 Å². The molecule has 0 saturated carbocycles. The van der Waals surface area contributed by atoms with Crippen LogP contribution in [0, 0.1) is 0 Å². The Balaban J connectivity index is 1.52. The van der Waals surface area contributed by atoms with Gasteiger partial charge >= 0.3 is 6.03 Å². The van der Waals surface area contributed by atoms with Crippen molar-refractivity contribution < 1.29 is 18.0 Å². The Morgan fingerprint density at radius 3 is 2.00 bits per heavy atom. The fraction of sp³-hybridized carbons (Fsp3) is 0.312. The Morgan fingerprint density at radius 1 is 0.833 bits per heavy atom. The van der Waals surface area contributed by atoms with Crippen LogP contribution in [-0.4, -0.2) is 75.7 Å². The number of urea groups is 1. The number of sulfone groups is 1. The van der Waals surface area contributed by atoms with Gasteiger partial charge in [-0.3, -0.25) is 4.79 Å². The van der Waals surface area contributed by atoms with Gasteiger partial charge in [0.25, 0.3) is 0 Å². The number of nitrogens with one attached hydrogen (secondary N) is 2. The second kappa shape index (κ2) is 15.4. The summed E-state index contributed by atoms with van der Waals surface area (Å²) in [7, 11) is -2.76. The van der Waals surface area contributed by atoms with Crippen molar-refractivity contribution in [2.75, 3.05) is 26.2 Å². The van der Waals surface area contributed by atoms with Crippen molar-refractivity contribution in [2.45, 2.75) is 43.1 Å². The van der Waals surface area contributed by atoms with Gasteiger partial charge in [0.15, 0.2) is 9.84 Å². The second-order valence-electron chi connectivity index (χ2n) is 10.4. The van der Waals surface area contributed by atoms with Crippen LogP contribution in [0.15, 0.2) is 107 Å². The predicted molar refractivity (Wildman–Crippen MR) is 168 cm³/mol. The minimum Gasteiger partial charge on any atom is -0.348 e. The van der Waals surface area contributed by atoms with E-state index in [1.165, 1.54) is 6.08 Å². The monoisotopic (exact) mass is 586 g/mol. The summed E-state index contributed by atoms with van der Waals surface area (Å²) < 4.78 is 25.9. The van der Waals surface area contributed by atoms with E-state index >= 15 is 0 Å². The number of rotatable bonds is 12. The number of benzene rings is 3. The Hall–Kier alpha value is -3.89. The van der Waals surface area contributed by atoms with Crippen molar-refractivity contribution in [3.63, 3.8) is 0 Å². The molecule has 8 nitrogen and oxygen atoms in total. The summed E-state index contributed by atoms with van der Waals surface area (Å²) in [4.78, 5) is 31.2. The minimum absolute atomic E-state index is 0.187. The molecule has 3 aromatic carbocycles. The topological polar surface area (TPSA) is 98.8 Å². The molecule has 0 unspecified atom stereocenters. The van der Waals surface area contributed by atoms with Gasteiger partial charge in [-0.15, -0.1) is 0 Å². The van der Waals surface area contributed by atoms with Gasteiger partial charge in [-0.2, -0.15) is 0 Å². The van der Waals surface area contributed by atoms with Gasteiger partial charge in [0.1, 0.15) is 6.04 Å². The van der Waals surface area contributed by atoms with E-state index < -0.39 is 21.9 Å². The summed E-state index contributed by atoms with van der Waals surface area (Å²) in [5.74, 6) is -0.362. The summed E-state index contributed by atoms with van der Waals surface area (Å²) in [5.41, 5.74) is 1.99. The van der Waals surface area contributed by atoms with Crippen LogP contribution in [0.1, 0.15) is 17.5 Å². The van der Waals surface area contributed by atoms with Gasteiger partial charge in [-0.05, 0) is 36.1 Å². The summed E-state index contributed by atoms with van der Waals surface area (Å²) in [6.45, 7) is 4.88. The van der Waals surface area contributed by atoms with E-state index in [1.807, 2.05) is 60.7 Å². The zero-order valence-corrected chi connectivity index (χ0v) is 24.9. The lowest BCUT2D eigenvalue weighted by atomic mass is 9.95. The first-order valence-electron chi connectivity index (χ1n) is 14.5. The highest BCUT2D eigenvalue weighted by atomic mass is 32.2. The molecule has 2 N–H and O–H groups in total. The maximum Gasteiger partial charge on any atom is 0.318 e. The molecule has 1 heterocycles. The number of hydrogen-bond donors (Lipinski definition) is 2. The third-order valence-electron chi connectivity index (χ3n) is 7.48. The van der Waals surface area contributed by atoms with Crippen molar-refractivity contribution in [1.29, 1.82) is 0 Å². The molecule has 0 bridgehead atoms. The Labute approximate surface area is 250 Å². The quantitative estimate of drug-likeness (QED) is 0.317. The molecule has 0 radical (unpaired) electrons. The predicted octanol–water partition coefficient (Wildman–Crippen LogP) is 3.43. The van der Waals surface area contributed by atoms with Crippen molar-refractivity contribution in [3.8, 4) is 0 Å². The fourth-order valence-electron chi connectivity index (χ4n) is 4.92. The number of amides is 3. The maximum atomic E-state index is 13.7. The van der Waals surface area contributed by atoms with E-state index in [1.54, 1.807) is 35.2 Å². The lowest BCUT2D eigenvalue weighted by molar-refractivity contribution is -0.123. The van der Waals surface area contributed by atoms with E-state index in [0.29, 0.717) is 32.4 Å². The third-order valence-corrected chi connectivity index (χ3v) is 8.92. The molecule has 4 rings (SSSR count). The van der Waals surface area contributed by atoms with Crippen molar-refractivity contribution in [1.82, 2.24) is 20.3 Å². The van der Waals surface area contributed by atoms with Crippen LogP contribution < -0.4 is 10.6 Å². The Morgan fingerprint density at radius 2 is 1.40 bits per heavy atom. The normalized spacial score (nSPS) is 15.6.